The molecule has 1 aromatic carbocycles. The standard InChI is InChI=1S/C14H16Cl2N2O3/c1-2-3-7-4-11(7)17-14(21)18-12-9(13(19)20)5-8(15)6-10(12)16/h5-7,11H,2-4H2,1H3,(H,19,20)(H2,17,18,21). The molecule has 0 aliphatic heterocycles. The zero-order valence-corrected chi connectivity index (χ0v) is 13.0. The van der Waals surface area contributed by atoms with Crippen molar-refractivity contribution in [3.63, 3.8) is 0 Å². The predicted octanol–water partition coefficient (Wildman–Crippen LogP) is 4.00. The van der Waals surface area contributed by atoms with Gasteiger partial charge in [-0.15, -0.1) is 0 Å². The van der Waals surface area contributed by atoms with Crippen molar-refractivity contribution in [2.75, 3.05) is 5.32 Å². The lowest BCUT2D eigenvalue weighted by atomic mass is 10.2. The largest absolute Gasteiger partial charge is 0.478 e. The molecule has 1 aromatic rings. The minimum Gasteiger partial charge on any atom is -0.478 e. The Hall–Kier alpha value is -1.46. The van der Waals surface area contributed by atoms with Crippen LogP contribution in [0.4, 0.5) is 10.5 Å². The van der Waals surface area contributed by atoms with Gasteiger partial charge in [-0.3, -0.25) is 0 Å². The molecule has 1 fully saturated rings. The molecule has 1 saturated carbocycles. The number of aromatic carboxylic acids is 1. The molecule has 1 aliphatic rings. The van der Waals surface area contributed by atoms with Crippen molar-refractivity contribution in [2.45, 2.75) is 32.2 Å². The molecular formula is C14H16Cl2N2O3. The van der Waals surface area contributed by atoms with Gasteiger partial charge in [-0.1, -0.05) is 36.5 Å². The quantitative estimate of drug-likeness (QED) is 0.763. The maximum atomic E-state index is 11.9. The summed E-state index contributed by atoms with van der Waals surface area (Å²) in [7, 11) is 0. The van der Waals surface area contributed by atoms with Crippen LogP contribution in [0.1, 0.15) is 36.5 Å². The maximum Gasteiger partial charge on any atom is 0.337 e. The number of carbonyl (C=O) groups is 2. The smallest absolute Gasteiger partial charge is 0.337 e. The van der Waals surface area contributed by atoms with Crippen molar-refractivity contribution in [1.82, 2.24) is 5.32 Å². The van der Waals surface area contributed by atoms with Gasteiger partial charge in [0.25, 0.3) is 0 Å². The second kappa shape index (κ2) is 6.54. The topological polar surface area (TPSA) is 78.4 Å². The van der Waals surface area contributed by atoms with E-state index in [9.17, 15) is 9.59 Å². The fourth-order valence-electron chi connectivity index (χ4n) is 2.30. The Morgan fingerprint density at radius 2 is 2.10 bits per heavy atom. The van der Waals surface area contributed by atoms with E-state index >= 15 is 0 Å². The molecule has 0 bridgehead atoms. The van der Waals surface area contributed by atoms with Crippen LogP contribution in [0.3, 0.4) is 0 Å². The second-order valence-electron chi connectivity index (χ2n) is 5.10. The number of urea groups is 1. The third-order valence-electron chi connectivity index (χ3n) is 3.42. The fourth-order valence-corrected chi connectivity index (χ4v) is 2.84. The average molecular weight is 331 g/mol. The first-order chi connectivity index (χ1) is 9.92. The van der Waals surface area contributed by atoms with Crippen LogP contribution in [0.5, 0.6) is 0 Å². The summed E-state index contributed by atoms with van der Waals surface area (Å²) in [5.74, 6) is -0.689. The predicted molar refractivity (Wildman–Crippen MR) is 82.4 cm³/mol. The van der Waals surface area contributed by atoms with Gasteiger partial charge in [-0.25, -0.2) is 9.59 Å². The Bertz CT molecular complexity index is 578. The number of rotatable bonds is 5. The number of hydrogen-bond donors (Lipinski definition) is 3. The number of amides is 2. The van der Waals surface area contributed by atoms with E-state index in [1.807, 2.05) is 0 Å². The number of anilines is 1. The first-order valence-corrected chi connectivity index (χ1v) is 7.47. The second-order valence-corrected chi connectivity index (χ2v) is 5.95. The molecule has 5 nitrogen and oxygen atoms in total. The van der Waals surface area contributed by atoms with E-state index in [2.05, 4.69) is 17.6 Å². The Morgan fingerprint density at radius 1 is 1.38 bits per heavy atom. The Balaban J connectivity index is 2.06. The number of nitrogens with one attached hydrogen (secondary N) is 2. The number of carbonyl (C=O) groups excluding carboxylic acids is 1. The van der Waals surface area contributed by atoms with Crippen molar-refractivity contribution in [3.05, 3.63) is 27.7 Å². The molecular weight excluding hydrogens is 315 g/mol. The number of benzene rings is 1. The summed E-state index contributed by atoms with van der Waals surface area (Å²) in [5, 5.41) is 14.8. The molecule has 2 unspecified atom stereocenters. The van der Waals surface area contributed by atoms with Crippen LogP contribution in [-0.2, 0) is 0 Å². The molecule has 114 valence electrons. The summed E-state index contributed by atoms with van der Waals surface area (Å²) in [4.78, 5) is 23.1. The summed E-state index contributed by atoms with van der Waals surface area (Å²) >= 11 is 11.7. The van der Waals surface area contributed by atoms with Crippen LogP contribution in [0.2, 0.25) is 10.0 Å². The molecule has 0 saturated heterocycles. The molecule has 1 aliphatic carbocycles. The number of carboxylic acids is 1. The molecule has 3 N–H and O–H groups in total. The minimum absolute atomic E-state index is 0.0544. The van der Waals surface area contributed by atoms with E-state index in [1.54, 1.807) is 0 Å². The Morgan fingerprint density at radius 3 is 2.71 bits per heavy atom. The van der Waals surface area contributed by atoms with Crippen molar-refractivity contribution < 1.29 is 14.7 Å². The zero-order valence-electron chi connectivity index (χ0n) is 11.5. The maximum absolute atomic E-state index is 11.9. The number of carboxylic acid groups (broad SMARTS) is 1. The highest BCUT2D eigenvalue weighted by Crippen LogP contribution is 2.35. The molecule has 0 radical (unpaired) electrons. The molecule has 0 aromatic heterocycles. The summed E-state index contributed by atoms with van der Waals surface area (Å²) < 4.78 is 0. The van der Waals surface area contributed by atoms with Gasteiger partial charge in [0, 0.05) is 11.1 Å². The van der Waals surface area contributed by atoms with Crippen LogP contribution >= 0.6 is 23.2 Å². The summed E-state index contributed by atoms with van der Waals surface area (Å²) in [6, 6.07) is 2.35. The number of halogens is 2. The highest BCUT2D eigenvalue weighted by molar-refractivity contribution is 6.37. The van der Waals surface area contributed by atoms with Crippen LogP contribution in [-0.4, -0.2) is 23.1 Å². The normalized spacial score (nSPS) is 20.0. The van der Waals surface area contributed by atoms with E-state index in [1.165, 1.54) is 12.1 Å². The van der Waals surface area contributed by atoms with Gasteiger partial charge in [0.05, 0.1) is 16.3 Å². The summed E-state index contributed by atoms with van der Waals surface area (Å²) in [6.07, 6.45) is 3.12. The number of hydrogen-bond acceptors (Lipinski definition) is 2. The van der Waals surface area contributed by atoms with E-state index < -0.39 is 12.0 Å². The lowest BCUT2D eigenvalue weighted by molar-refractivity contribution is 0.0698. The molecule has 2 rings (SSSR count). The SMILES string of the molecule is CCCC1CC1NC(=O)Nc1c(Cl)cc(Cl)cc1C(=O)O. The first kappa shape index (κ1) is 15.9. The van der Waals surface area contributed by atoms with Crippen LogP contribution < -0.4 is 10.6 Å². The third kappa shape index (κ3) is 4.02. The lowest BCUT2D eigenvalue weighted by Gasteiger charge is -2.12. The summed E-state index contributed by atoms with van der Waals surface area (Å²) in [6.45, 7) is 2.10. The molecule has 0 heterocycles. The molecule has 0 spiro atoms. The van der Waals surface area contributed by atoms with E-state index in [0.29, 0.717) is 5.92 Å². The molecule has 7 heteroatoms. The van der Waals surface area contributed by atoms with Gasteiger partial charge >= 0.3 is 12.0 Å². The van der Waals surface area contributed by atoms with Gasteiger partial charge in [-0.05, 0) is 30.9 Å². The molecule has 2 amide bonds. The highest BCUT2D eigenvalue weighted by atomic mass is 35.5. The van der Waals surface area contributed by atoms with E-state index in [-0.39, 0.29) is 27.3 Å². The first-order valence-electron chi connectivity index (χ1n) is 6.72. The molecule has 21 heavy (non-hydrogen) atoms. The van der Waals surface area contributed by atoms with Crippen molar-refractivity contribution in [3.8, 4) is 0 Å². The monoisotopic (exact) mass is 330 g/mol. The van der Waals surface area contributed by atoms with Crippen LogP contribution in [0.25, 0.3) is 0 Å². The Kier molecular flexibility index (Phi) is 4.96. The minimum atomic E-state index is -1.20. The van der Waals surface area contributed by atoms with Gasteiger partial charge in [0.15, 0.2) is 0 Å². The van der Waals surface area contributed by atoms with Gasteiger partial charge in [0.1, 0.15) is 0 Å². The van der Waals surface area contributed by atoms with Crippen LogP contribution in [0.15, 0.2) is 12.1 Å². The van der Waals surface area contributed by atoms with E-state index in [4.69, 9.17) is 28.3 Å². The van der Waals surface area contributed by atoms with Crippen molar-refractivity contribution in [1.29, 1.82) is 0 Å². The Labute approximate surface area is 132 Å². The van der Waals surface area contributed by atoms with Gasteiger partial charge < -0.3 is 15.7 Å². The van der Waals surface area contributed by atoms with Gasteiger partial charge in [-0.2, -0.15) is 0 Å². The highest BCUT2D eigenvalue weighted by Gasteiger charge is 2.37. The average Bonchev–Trinajstić information content (AvgIpc) is 3.10. The summed E-state index contributed by atoms with van der Waals surface area (Å²) in [5.41, 5.74) is -0.0812. The van der Waals surface area contributed by atoms with Crippen molar-refractivity contribution >= 4 is 40.9 Å². The van der Waals surface area contributed by atoms with Gasteiger partial charge in [0.2, 0.25) is 0 Å². The fraction of sp³-hybridized carbons (Fsp3) is 0.429. The third-order valence-corrected chi connectivity index (χ3v) is 3.94. The van der Waals surface area contributed by atoms with Crippen molar-refractivity contribution in [2.24, 2.45) is 5.92 Å². The zero-order chi connectivity index (χ0) is 15.6. The molecule has 2 atom stereocenters. The van der Waals surface area contributed by atoms with Crippen LogP contribution in [0, 0.1) is 5.92 Å². The lowest BCUT2D eigenvalue weighted by Crippen LogP contribution is -2.32. The van der Waals surface area contributed by atoms with E-state index in [0.717, 1.165) is 19.3 Å².